The van der Waals surface area contributed by atoms with Gasteiger partial charge in [0.05, 0.1) is 0 Å². The van der Waals surface area contributed by atoms with Gasteiger partial charge < -0.3 is 10.2 Å². The number of nitrogens with one attached hydrogen (secondary N) is 1. The summed E-state index contributed by atoms with van der Waals surface area (Å²) in [7, 11) is -1.33. The van der Waals surface area contributed by atoms with E-state index in [0.717, 1.165) is 45.4 Å². The summed E-state index contributed by atoms with van der Waals surface area (Å²) in [5, 5.41) is 3.17. The second-order valence-electron chi connectivity index (χ2n) is 6.17. The maximum atomic E-state index is 12.8. The zero-order valence-corrected chi connectivity index (χ0v) is 14.2. The summed E-state index contributed by atoms with van der Waals surface area (Å²) < 4.78 is 28.9. The first-order valence-corrected chi connectivity index (χ1v) is 9.59. The molecule has 1 unspecified atom stereocenters. The first-order valence-electron chi connectivity index (χ1n) is 8.20. The van der Waals surface area contributed by atoms with E-state index in [1.54, 1.807) is 8.61 Å². The van der Waals surface area contributed by atoms with E-state index in [1.165, 1.54) is 0 Å². The molecule has 0 spiro atoms. The zero-order valence-electron chi connectivity index (χ0n) is 13.4. The monoisotopic (exact) mass is 318 g/mol. The third kappa shape index (κ3) is 4.39. The maximum Gasteiger partial charge on any atom is 0.282 e. The van der Waals surface area contributed by atoms with Gasteiger partial charge in [0.15, 0.2) is 0 Å². The van der Waals surface area contributed by atoms with Crippen LogP contribution in [0.15, 0.2) is 0 Å². The van der Waals surface area contributed by atoms with Crippen LogP contribution in [-0.4, -0.2) is 81.3 Å². The molecule has 2 heterocycles. The van der Waals surface area contributed by atoms with Gasteiger partial charge in [0.1, 0.15) is 0 Å². The molecule has 6 nitrogen and oxygen atoms in total. The van der Waals surface area contributed by atoms with Gasteiger partial charge >= 0.3 is 0 Å². The summed E-state index contributed by atoms with van der Waals surface area (Å²) in [4.78, 5) is 2.35. The van der Waals surface area contributed by atoms with Crippen LogP contribution >= 0.6 is 0 Å². The summed E-state index contributed by atoms with van der Waals surface area (Å²) in [5.74, 6) is 0.444. The molecule has 2 fully saturated rings. The molecule has 124 valence electrons. The average Bonchev–Trinajstić information content (AvgIpc) is 2.49. The van der Waals surface area contributed by atoms with Crippen molar-refractivity contribution in [1.29, 1.82) is 0 Å². The van der Waals surface area contributed by atoms with Crippen molar-refractivity contribution in [2.24, 2.45) is 5.92 Å². The van der Waals surface area contributed by atoms with Gasteiger partial charge in [-0.05, 0) is 45.3 Å². The van der Waals surface area contributed by atoms with E-state index in [-0.39, 0.29) is 0 Å². The van der Waals surface area contributed by atoms with Gasteiger partial charge in [-0.3, -0.25) is 0 Å². The van der Waals surface area contributed by atoms with E-state index in [1.807, 2.05) is 7.05 Å². The molecule has 2 saturated heterocycles. The molecule has 0 aromatic carbocycles. The summed E-state index contributed by atoms with van der Waals surface area (Å²) in [5.41, 5.74) is 0. The highest BCUT2D eigenvalue weighted by Crippen LogP contribution is 2.21. The van der Waals surface area contributed by atoms with Gasteiger partial charge in [0.2, 0.25) is 0 Å². The molecule has 7 heteroatoms. The Morgan fingerprint density at radius 1 is 1.10 bits per heavy atom. The van der Waals surface area contributed by atoms with E-state index in [0.29, 0.717) is 32.1 Å². The van der Waals surface area contributed by atoms with Crippen LogP contribution in [0.4, 0.5) is 0 Å². The van der Waals surface area contributed by atoms with Crippen molar-refractivity contribution in [3.05, 3.63) is 0 Å². The highest BCUT2D eigenvalue weighted by Gasteiger charge is 2.34. The lowest BCUT2D eigenvalue weighted by Gasteiger charge is -2.39. The molecule has 0 radical (unpaired) electrons. The molecule has 1 atom stereocenters. The van der Waals surface area contributed by atoms with Crippen LogP contribution < -0.4 is 5.32 Å². The SMILES string of the molecule is CCCN1CCN(S(=O)(=O)N2CCCC(CNC)C2)CC1. The standard InChI is InChI=1S/C14H30N4O2S/c1-3-6-16-8-10-17(11-9-16)21(19,20)18-7-4-5-14(13-18)12-15-2/h14-15H,3-13H2,1-2H3. The van der Waals surface area contributed by atoms with Gasteiger partial charge in [0.25, 0.3) is 10.2 Å². The van der Waals surface area contributed by atoms with Crippen molar-refractivity contribution >= 4 is 10.2 Å². The smallest absolute Gasteiger partial charge is 0.282 e. The third-order valence-electron chi connectivity index (χ3n) is 4.50. The maximum absolute atomic E-state index is 12.8. The zero-order chi connectivity index (χ0) is 15.3. The minimum absolute atomic E-state index is 0.444. The van der Waals surface area contributed by atoms with Crippen LogP contribution in [0.1, 0.15) is 26.2 Å². The topological polar surface area (TPSA) is 55.9 Å². The third-order valence-corrected chi connectivity index (χ3v) is 6.50. The Morgan fingerprint density at radius 2 is 1.81 bits per heavy atom. The lowest BCUT2D eigenvalue weighted by molar-refractivity contribution is 0.174. The van der Waals surface area contributed by atoms with Gasteiger partial charge in [-0.2, -0.15) is 17.0 Å². The predicted molar refractivity (Wildman–Crippen MR) is 85.4 cm³/mol. The molecular weight excluding hydrogens is 288 g/mol. The minimum atomic E-state index is -3.26. The Kier molecular flexibility index (Phi) is 6.43. The Labute approximate surface area is 129 Å². The summed E-state index contributed by atoms with van der Waals surface area (Å²) in [6, 6.07) is 0. The van der Waals surface area contributed by atoms with Crippen LogP contribution in [0.3, 0.4) is 0 Å². The first kappa shape index (κ1) is 17.1. The Balaban J connectivity index is 1.92. The van der Waals surface area contributed by atoms with Crippen LogP contribution in [0.5, 0.6) is 0 Å². The number of piperazine rings is 1. The van der Waals surface area contributed by atoms with Gasteiger partial charge in [0, 0.05) is 39.3 Å². The lowest BCUT2D eigenvalue weighted by atomic mass is 10.00. The normalized spacial score (nSPS) is 27.0. The van der Waals surface area contributed by atoms with Gasteiger partial charge in [-0.1, -0.05) is 6.92 Å². The number of hydrogen-bond acceptors (Lipinski definition) is 4. The minimum Gasteiger partial charge on any atom is -0.319 e. The Hall–Kier alpha value is -0.210. The molecule has 1 N–H and O–H groups in total. The van der Waals surface area contributed by atoms with E-state index in [9.17, 15) is 8.42 Å². The number of nitrogens with zero attached hydrogens (tertiary/aromatic N) is 3. The van der Waals surface area contributed by atoms with E-state index in [4.69, 9.17) is 0 Å². The second kappa shape index (κ2) is 7.87. The van der Waals surface area contributed by atoms with Crippen LogP contribution in [0.2, 0.25) is 0 Å². The van der Waals surface area contributed by atoms with Gasteiger partial charge in [-0.25, -0.2) is 0 Å². The molecule has 2 rings (SSSR count). The molecule has 2 aliphatic heterocycles. The molecule has 0 aromatic rings. The van der Waals surface area contributed by atoms with Crippen LogP contribution in [-0.2, 0) is 10.2 Å². The number of hydrogen-bond donors (Lipinski definition) is 1. The van der Waals surface area contributed by atoms with E-state index < -0.39 is 10.2 Å². The quantitative estimate of drug-likeness (QED) is 0.760. The molecule has 0 aromatic heterocycles. The molecule has 0 aliphatic carbocycles. The molecule has 21 heavy (non-hydrogen) atoms. The Morgan fingerprint density at radius 3 is 2.43 bits per heavy atom. The van der Waals surface area contributed by atoms with E-state index >= 15 is 0 Å². The largest absolute Gasteiger partial charge is 0.319 e. The molecule has 2 aliphatic rings. The van der Waals surface area contributed by atoms with Crippen molar-refractivity contribution in [2.75, 3.05) is 59.4 Å². The van der Waals surface area contributed by atoms with Crippen molar-refractivity contribution in [1.82, 2.24) is 18.8 Å². The predicted octanol–water partition coefficient (Wildman–Crippen LogP) is 0.190. The van der Waals surface area contributed by atoms with Gasteiger partial charge in [-0.15, -0.1) is 0 Å². The first-order chi connectivity index (χ1) is 10.1. The van der Waals surface area contributed by atoms with Crippen molar-refractivity contribution in [3.63, 3.8) is 0 Å². The fourth-order valence-electron chi connectivity index (χ4n) is 3.36. The van der Waals surface area contributed by atoms with Crippen LogP contribution in [0.25, 0.3) is 0 Å². The fourth-order valence-corrected chi connectivity index (χ4v) is 5.07. The van der Waals surface area contributed by atoms with E-state index in [2.05, 4.69) is 17.1 Å². The molecule has 0 bridgehead atoms. The number of rotatable bonds is 6. The summed E-state index contributed by atoms with van der Waals surface area (Å²) in [6.07, 6.45) is 3.23. The van der Waals surface area contributed by atoms with Crippen molar-refractivity contribution in [2.45, 2.75) is 26.2 Å². The van der Waals surface area contributed by atoms with Crippen LogP contribution in [0, 0.1) is 5.92 Å². The number of piperidine rings is 1. The Bertz CT molecular complexity index is 405. The lowest BCUT2D eigenvalue weighted by Crippen LogP contribution is -2.55. The molecular formula is C14H30N4O2S. The summed E-state index contributed by atoms with van der Waals surface area (Å²) in [6.45, 7) is 8.47. The fraction of sp³-hybridized carbons (Fsp3) is 1.00. The van der Waals surface area contributed by atoms with Crippen molar-refractivity contribution in [3.8, 4) is 0 Å². The summed E-state index contributed by atoms with van der Waals surface area (Å²) >= 11 is 0. The highest BCUT2D eigenvalue weighted by molar-refractivity contribution is 7.86. The highest BCUT2D eigenvalue weighted by atomic mass is 32.2. The molecule has 0 amide bonds. The van der Waals surface area contributed by atoms with Crippen molar-refractivity contribution < 1.29 is 8.42 Å². The molecule has 0 saturated carbocycles. The second-order valence-corrected chi connectivity index (χ2v) is 8.10. The average molecular weight is 318 g/mol.